The van der Waals surface area contributed by atoms with Crippen LogP contribution in [0.1, 0.15) is 50.2 Å². The average molecular weight is 519 g/mol. The number of allylic oxidation sites excluding steroid dienone is 4. The molecule has 5 rings (SSSR count). The van der Waals surface area contributed by atoms with Crippen molar-refractivity contribution in [2.75, 3.05) is 12.3 Å². The highest BCUT2D eigenvalue weighted by Gasteiger charge is 2.48. The van der Waals surface area contributed by atoms with Crippen LogP contribution in [0.25, 0.3) is 11.3 Å². The first-order chi connectivity index (χ1) is 17.5. The fourth-order valence-corrected chi connectivity index (χ4v) is 4.09. The second-order valence-electron chi connectivity index (χ2n) is 9.10. The van der Waals surface area contributed by atoms with Crippen molar-refractivity contribution in [3.05, 3.63) is 66.7 Å². The SMILES string of the molecule is C=C(NC1OCCC2OC(C)(C)OC21)c1ncc(C2=CCCC=C2)cn1.Nc1cncc(C(F)(F)F)n1. The van der Waals surface area contributed by atoms with Crippen molar-refractivity contribution in [3.8, 4) is 0 Å². The van der Waals surface area contributed by atoms with Gasteiger partial charge < -0.3 is 25.3 Å². The van der Waals surface area contributed by atoms with Crippen molar-refractivity contribution in [2.45, 2.75) is 63.5 Å². The monoisotopic (exact) mass is 518 g/mol. The van der Waals surface area contributed by atoms with E-state index in [1.165, 1.54) is 5.57 Å². The number of aromatic nitrogens is 4. The minimum absolute atomic E-state index is 0.0253. The average Bonchev–Trinajstić information content (AvgIpc) is 3.19. The summed E-state index contributed by atoms with van der Waals surface area (Å²) in [7, 11) is 0. The molecule has 3 N–H and O–H groups in total. The quantitative estimate of drug-likeness (QED) is 0.616. The molecule has 3 aliphatic rings. The summed E-state index contributed by atoms with van der Waals surface area (Å²) in [6.07, 6.45) is 9.87. The molecule has 198 valence electrons. The summed E-state index contributed by atoms with van der Waals surface area (Å²) in [4.78, 5) is 15.2. The van der Waals surface area contributed by atoms with E-state index < -0.39 is 17.7 Å². The lowest BCUT2D eigenvalue weighted by atomic mass is 10.0. The Bertz CT molecular complexity index is 1170. The summed E-state index contributed by atoms with van der Waals surface area (Å²) in [6.45, 7) is 8.54. The molecular formula is C25H29F3N6O3. The third-order valence-electron chi connectivity index (χ3n) is 5.73. The Balaban J connectivity index is 0.000000245. The zero-order valence-corrected chi connectivity index (χ0v) is 20.5. The van der Waals surface area contributed by atoms with Crippen LogP contribution < -0.4 is 11.1 Å². The molecule has 2 aromatic rings. The molecule has 2 fully saturated rings. The number of hydrogen-bond acceptors (Lipinski definition) is 9. The fourth-order valence-electron chi connectivity index (χ4n) is 4.09. The maximum absolute atomic E-state index is 11.8. The van der Waals surface area contributed by atoms with E-state index in [9.17, 15) is 13.2 Å². The van der Waals surface area contributed by atoms with Crippen molar-refractivity contribution < 1.29 is 27.4 Å². The van der Waals surface area contributed by atoms with Crippen molar-refractivity contribution >= 4 is 17.1 Å². The Labute approximate surface area is 212 Å². The molecule has 2 aliphatic heterocycles. The molecule has 9 nitrogen and oxygen atoms in total. The van der Waals surface area contributed by atoms with Crippen LogP contribution in [-0.4, -0.2) is 50.8 Å². The van der Waals surface area contributed by atoms with Gasteiger partial charge in [0.05, 0.1) is 30.8 Å². The molecule has 3 unspecified atom stereocenters. The highest BCUT2D eigenvalue weighted by atomic mass is 19.4. The van der Waals surface area contributed by atoms with Gasteiger partial charge in [0, 0.05) is 18.0 Å². The van der Waals surface area contributed by atoms with Gasteiger partial charge in [-0.05, 0) is 38.7 Å². The zero-order valence-electron chi connectivity index (χ0n) is 20.5. The summed E-state index contributed by atoms with van der Waals surface area (Å²) in [5.41, 5.74) is 6.70. The number of nitrogens with zero attached hydrogens (tertiary/aromatic N) is 4. The molecule has 0 saturated carbocycles. The van der Waals surface area contributed by atoms with Crippen molar-refractivity contribution in [2.24, 2.45) is 0 Å². The minimum Gasteiger partial charge on any atom is -0.382 e. The van der Waals surface area contributed by atoms with Gasteiger partial charge in [0.2, 0.25) is 0 Å². The molecule has 0 bridgehead atoms. The number of nitrogens with two attached hydrogens (primary N) is 1. The van der Waals surface area contributed by atoms with E-state index in [-0.39, 0.29) is 24.3 Å². The van der Waals surface area contributed by atoms with Crippen molar-refractivity contribution in [1.82, 2.24) is 25.3 Å². The number of alkyl halides is 3. The molecule has 4 heterocycles. The van der Waals surface area contributed by atoms with Crippen LogP contribution in [-0.2, 0) is 20.4 Å². The van der Waals surface area contributed by atoms with Crippen LogP contribution in [0.2, 0.25) is 0 Å². The second-order valence-corrected chi connectivity index (χ2v) is 9.10. The van der Waals surface area contributed by atoms with E-state index in [4.69, 9.17) is 19.9 Å². The lowest BCUT2D eigenvalue weighted by Crippen LogP contribution is -2.50. The Morgan fingerprint density at radius 3 is 2.51 bits per heavy atom. The van der Waals surface area contributed by atoms with E-state index in [1.807, 2.05) is 26.2 Å². The third kappa shape index (κ3) is 6.90. The van der Waals surface area contributed by atoms with Gasteiger partial charge >= 0.3 is 6.18 Å². The molecule has 2 aromatic heterocycles. The Hall–Kier alpha value is -3.35. The lowest BCUT2D eigenvalue weighted by Gasteiger charge is -2.32. The van der Waals surface area contributed by atoms with Crippen LogP contribution >= 0.6 is 0 Å². The number of nitrogen functional groups attached to an aromatic ring is 1. The predicted octanol–water partition coefficient (Wildman–Crippen LogP) is 4.11. The Kier molecular flexibility index (Phi) is 7.90. The van der Waals surface area contributed by atoms with Gasteiger partial charge in [0.25, 0.3) is 0 Å². The fraction of sp³-hybridized carbons (Fsp3) is 0.440. The number of ether oxygens (including phenoxy) is 3. The van der Waals surface area contributed by atoms with Crippen LogP contribution in [0.4, 0.5) is 19.0 Å². The number of halogens is 3. The first kappa shape index (κ1) is 26.7. The summed E-state index contributed by atoms with van der Waals surface area (Å²) >= 11 is 0. The predicted molar refractivity (Wildman–Crippen MR) is 130 cm³/mol. The number of anilines is 1. The van der Waals surface area contributed by atoms with Gasteiger partial charge in [-0.15, -0.1) is 0 Å². The van der Waals surface area contributed by atoms with Gasteiger partial charge in [-0.1, -0.05) is 24.8 Å². The van der Waals surface area contributed by atoms with Gasteiger partial charge in [-0.2, -0.15) is 13.2 Å². The van der Waals surface area contributed by atoms with Gasteiger partial charge in [0.15, 0.2) is 23.5 Å². The lowest BCUT2D eigenvalue weighted by molar-refractivity contribution is -0.155. The highest BCUT2D eigenvalue weighted by Crippen LogP contribution is 2.35. The largest absolute Gasteiger partial charge is 0.434 e. The van der Waals surface area contributed by atoms with E-state index in [2.05, 4.69) is 50.1 Å². The molecule has 0 spiro atoms. The van der Waals surface area contributed by atoms with Crippen LogP contribution in [0.15, 0.2) is 49.6 Å². The van der Waals surface area contributed by atoms with Gasteiger partial charge in [-0.25, -0.2) is 15.0 Å². The van der Waals surface area contributed by atoms with E-state index >= 15 is 0 Å². The molecular weight excluding hydrogens is 489 g/mol. The summed E-state index contributed by atoms with van der Waals surface area (Å²) in [5, 5.41) is 3.27. The third-order valence-corrected chi connectivity index (χ3v) is 5.73. The maximum atomic E-state index is 11.8. The topological polar surface area (TPSA) is 117 Å². The summed E-state index contributed by atoms with van der Waals surface area (Å²) in [5.74, 6) is -0.276. The van der Waals surface area contributed by atoms with Crippen molar-refractivity contribution in [1.29, 1.82) is 0 Å². The van der Waals surface area contributed by atoms with Gasteiger partial charge in [-0.3, -0.25) is 4.98 Å². The first-order valence-corrected chi connectivity index (χ1v) is 11.8. The molecule has 0 amide bonds. The summed E-state index contributed by atoms with van der Waals surface area (Å²) in [6, 6.07) is 0. The number of rotatable bonds is 4. The maximum Gasteiger partial charge on any atom is 0.434 e. The van der Waals surface area contributed by atoms with Crippen LogP contribution in [0.3, 0.4) is 0 Å². The molecule has 0 radical (unpaired) electrons. The van der Waals surface area contributed by atoms with E-state index in [0.29, 0.717) is 24.3 Å². The van der Waals surface area contributed by atoms with Crippen molar-refractivity contribution in [3.63, 3.8) is 0 Å². The molecule has 0 aromatic carbocycles. The molecule has 12 heteroatoms. The Morgan fingerprint density at radius 1 is 1.14 bits per heavy atom. The molecule has 3 atom stereocenters. The van der Waals surface area contributed by atoms with E-state index in [0.717, 1.165) is 31.0 Å². The number of hydrogen-bond donors (Lipinski definition) is 2. The molecule has 1 aliphatic carbocycles. The molecule has 2 saturated heterocycles. The number of nitrogens with one attached hydrogen (secondary N) is 1. The smallest absolute Gasteiger partial charge is 0.382 e. The normalized spacial score (nSPS) is 24.4. The Morgan fingerprint density at radius 2 is 1.89 bits per heavy atom. The van der Waals surface area contributed by atoms with E-state index in [1.54, 1.807) is 0 Å². The zero-order chi connectivity index (χ0) is 26.6. The number of fused-ring (bicyclic) bond motifs is 1. The molecule has 37 heavy (non-hydrogen) atoms. The highest BCUT2D eigenvalue weighted by molar-refractivity contribution is 5.74. The first-order valence-electron chi connectivity index (χ1n) is 11.8. The van der Waals surface area contributed by atoms with Gasteiger partial charge in [0.1, 0.15) is 11.9 Å². The minimum atomic E-state index is -4.47. The van der Waals surface area contributed by atoms with Crippen LogP contribution in [0.5, 0.6) is 0 Å². The standard InChI is InChI=1S/C20H25N3O3.C5H4F3N3/c1-13(18-21-11-15(12-22-18)14-7-5-4-6-8-14)23-19-17-16(9-10-24-19)25-20(2,3)26-17;6-5(7,8)3-1-10-2-4(9)11-3/h5,7-8,11-12,16-17,19,23H,1,4,6,9-10H2,2-3H3;1-2H,(H2,9,11). The van der Waals surface area contributed by atoms with Crippen LogP contribution in [0, 0.1) is 0 Å². The second kappa shape index (κ2) is 11.0. The summed E-state index contributed by atoms with van der Waals surface area (Å²) < 4.78 is 53.2.